The van der Waals surface area contributed by atoms with E-state index in [-0.39, 0.29) is 0 Å². The molecule has 0 saturated carbocycles. The van der Waals surface area contributed by atoms with Crippen molar-refractivity contribution in [2.45, 2.75) is 10.7 Å². The number of hydrogen-bond acceptors (Lipinski definition) is 6. The zero-order valence-corrected chi connectivity index (χ0v) is 11.3. The molecule has 0 aromatic heterocycles. The summed E-state index contributed by atoms with van der Waals surface area (Å²) in [5.41, 5.74) is 0.487. The van der Waals surface area contributed by atoms with Crippen LogP contribution < -0.4 is 10.9 Å². The Balaban J connectivity index is 2.24. The van der Waals surface area contributed by atoms with E-state index in [1.165, 1.54) is 28.9 Å². The summed E-state index contributed by atoms with van der Waals surface area (Å²) < 4.78 is 47.2. The van der Waals surface area contributed by atoms with Crippen LogP contribution in [0, 0.1) is 0 Å². The second-order valence-corrected chi connectivity index (χ2v) is 6.66. The van der Waals surface area contributed by atoms with Crippen LogP contribution in [0.4, 0.5) is 14.5 Å². The molecule has 2 rings (SSSR count). The molecule has 0 aliphatic carbocycles. The average Bonchev–Trinajstić information content (AvgIpc) is 2.91. The van der Waals surface area contributed by atoms with Gasteiger partial charge in [0.1, 0.15) is 0 Å². The highest BCUT2D eigenvalue weighted by molar-refractivity contribution is 8.14. The Bertz CT molecular complexity index is 587. The summed E-state index contributed by atoms with van der Waals surface area (Å²) in [4.78, 5) is 3.72. The highest BCUT2D eigenvalue weighted by Gasteiger charge is 2.26. The SMILES string of the molecule is NN(C1=NCCS1)c1ccc(S(=O)(=O)C(F)F)cc1. The van der Waals surface area contributed by atoms with Gasteiger partial charge in [-0.15, -0.1) is 0 Å². The van der Waals surface area contributed by atoms with E-state index in [1.807, 2.05) is 0 Å². The third kappa shape index (κ3) is 2.88. The van der Waals surface area contributed by atoms with Crippen molar-refractivity contribution in [2.24, 2.45) is 10.8 Å². The molecule has 0 spiro atoms. The number of nitrogens with zero attached hydrogens (tertiary/aromatic N) is 2. The highest BCUT2D eigenvalue weighted by atomic mass is 32.2. The van der Waals surface area contributed by atoms with Crippen LogP contribution in [0.25, 0.3) is 0 Å². The monoisotopic (exact) mass is 307 g/mol. The van der Waals surface area contributed by atoms with Gasteiger partial charge in [-0.2, -0.15) is 8.78 Å². The van der Waals surface area contributed by atoms with E-state index >= 15 is 0 Å². The molecule has 1 aliphatic rings. The third-order valence-electron chi connectivity index (χ3n) is 2.45. The number of benzene rings is 1. The fourth-order valence-corrected chi connectivity index (χ4v) is 2.99. The number of hydrogen-bond donors (Lipinski definition) is 1. The van der Waals surface area contributed by atoms with Crippen molar-refractivity contribution in [1.82, 2.24) is 0 Å². The van der Waals surface area contributed by atoms with Crippen LogP contribution in [0.1, 0.15) is 0 Å². The van der Waals surface area contributed by atoms with E-state index in [9.17, 15) is 17.2 Å². The van der Waals surface area contributed by atoms with Crippen LogP contribution in [0.3, 0.4) is 0 Å². The van der Waals surface area contributed by atoms with Crippen molar-refractivity contribution in [2.75, 3.05) is 17.3 Å². The predicted molar refractivity (Wildman–Crippen MR) is 71.1 cm³/mol. The van der Waals surface area contributed by atoms with E-state index in [0.717, 1.165) is 17.9 Å². The number of rotatable bonds is 3. The van der Waals surface area contributed by atoms with Gasteiger partial charge in [-0.3, -0.25) is 10.0 Å². The number of halogens is 2. The number of anilines is 1. The van der Waals surface area contributed by atoms with Crippen molar-refractivity contribution in [1.29, 1.82) is 0 Å². The van der Waals surface area contributed by atoms with Gasteiger partial charge in [-0.25, -0.2) is 14.3 Å². The van der Waals surface area contributed by atoms with Gasteiger partial charge in [0, 0.05) is 5.75 Å². The number of hydrazine groups is 1. The van der Waals surface area contributed by atoms with E-state index in [4.69, 9.17) is 5.84 Å². The lowest BCUT2D eigenvalue weighted by Crippen LogP contribution is -2.34. The fourth-order valence-electron chi connectivity index (χ4n) is 1.48. The summed E-state index contributed by atoms with van der Waals surface area (Å²) in [6, 6.07) is 4.96. The number of aliphatic imine (C=N–C) groups is 1. The van der Waals surface area contributed by atoms with Gasteiger partial charge in [0.25, 0.3) is 0 Å². The number of nitrogens with two attached hydrogens (primary N) is 1. The first kappa shape index (κ1) is 14.2. The number of thioether (sulfide) groups is 1. The smallest absolute Gasteiger partial charge is 0.260 e. The molecular weight excluding hydrogens is 296 g/mol. The van der Waals surface area contributed by atoms with Gasteiger partial charge in [-0.1, -0.05) is 11.8 Å². The molecule has 9 heteroatoms. The Morgan fingerprint density at radius 1 is 1.32 bits per heavy atom. The molecule has 1 aromatic rings. The second-order valence-electron chi connectivity index (χ2n) is 3.68. The third-order valence-corrected chi connectivity index (χ3v) is 4.82. The van der Waals surface area contributed by atoms with Gasteiger partial charge < -0.3 is 0 Å². The standard InChI is InChI=1S/C10H11F2N3O2S2/c11-9(12)19(16,17)8-3-1-7(2-4-8)15(13)10-14-5-6-18-10/h1-4,9H,5-6,13H2. The summed E-state index contributed by atoms with van der Waals surface area (Å²) >= 11 is 1.47. The molecule has 0 amide bonds. The molecule has 104 valence electrons. The highest BCUT2D eigenvalue weighted by Crippen LogP contribution is 2.23. The number of sulfone groups is 1. The maximum absolute atomic E-state index is 12.4. The van der Waals surface area contributed by atoms with Crippen LogP contribution in [-0.2, 0) is 9.84 Å². The molecule has 0 unspecified atom stereocenters. The first-order valence-electron chi connectivity index (χ1n) is 5.27. The van der Waals surface area contributed by atoms with E-state index in [0.29, 0.717) is 17.4 Å². The zero-order chi connectivity index (χ0) is 14.0. The number of amidine groups is 1. The molecular formula is C10H11F2N3O2S2. The van der Waals surface area contributed by atoms with Crippen molar-refractivity contribution >= 4 is 32.5 Å². The minimum Gasteiger partial charge on any atom is -0.260 e. The largest absolute Gasteiger partial charge is 0.341 e. The molecule has 19 heavy (non-hydrogen) atoms. The van der Waals surface area contributed by atoms with Crippen LogP contribution in [0.2, 0.25) is 0 Å². The van der Waals surface area contributed by atoms with Crippen LogP contribution in [-0.4, -0.2) is 31.6 Å². The van der Waals surface area contributed by atoms with Gasteiger partial charge in [-0.05, 0) is 24.3 Å². The second kappa shape index (κ2) is 5.43. The first-order valence-corrected chi connectivity index (χ1v) is 7.80. The molecule has 1 heterocycles. The Morgan fingerprint density at radius 3 is 2.42 bits per heavy atom. The molecule has 0 bridgehead atoms. The summed E-state index contributed by atoms with van der Waals surface area (Å²) in [7, 11) is -4.57. The van der Waals surface area contributed by atoms with E-state index in [2.05, 4.69) is 4.99 Å². The maximum Gasteiger partial charge on any atom is 0.341 e. The zero-order valence-electron chi connectivity index (χ0n) is 9.66. The normalized spacial score (nSPS) is 15.7. The van der Waals surface area contributed by atoms with Crippen molar-refractivity contribution in [3.8, 4) is 0 Å². The Morgan fingerprint density at radius 2 is 1.95 bits per heavy atom. The summed E-state index contributed by atoms with van der Waals surface area (Å²) in [5, 5.41) is 1.92. The van der Waals surface area contributed by atoms with Gasteiger partial charge in [0.2, 0.25) is 9.84 Å². The molecule has 5 nitrogen and oxygen atoms in total. The lowest BCUT2D eigenvalue weighted by Gasteiger charge is -2.17. The predicted octanol–water partition coefficient (Wildman–Crippen LogP) is 1.47. The molecule has 2 N–H and O–H groups in total. The quantitative estimate of drug-likeness (QED) is 0.676. The molecule has 0 atom stereocenters. The molecule has 1 aliphatic heterocycles. The van der Waals surface area contributed by atoms with Crippen LogP contribution >= 0.6 is 11.8 Å². The summed E-state index contributed by atoms with van der Waals surface area (Å²) in [6.45, 7) is 0.672. The van der Waals surface area contributed by atoms with Crippen molar-refractivity contribution < 1.29 is 17.2 Å². The van der Waals surface area contributed by atoms with Crippen molar-refractivity contribution in [3.63, 3.8) is 0 Å². The summed E-state index contributed by atoms with van der Waals surface area (Å²) in [5.74, 6) is 3.21. The summed E-state index contributed by atoms with van der Waals surface area (Å²) in [6.07, 6.45) is 0. The molecule has 0 radical (unpaired) electrons. The Labute approximate surface area is 113 Å². The Hall–Kier alpha value is -1.19. The van der Waals surface area contributed by atoms with Gasteiger partial charge in [0.15, 0.2) is 5.17 Å². The number of alkyl halides is 2. The average molecular weight is 307 g/mol. The molecule has 0 saturated heterocycles. The van der Waals surface area contributed by atoms with Crippen LogP contribution in [0.15, 0.2) is 34.2 Å². The van der Waals surface area contributed by atoms with Gasteiger partial charge >= 0.3 is 5.76 Å². The maximum atomic E-state index is 12.4. The lowest BCUT2D eigenvalue weighted by atomic mass is 10.3. The fraction of sp³-hybridized carbons (Fsp3) is 0.300. The van der Waals surface area contributed by atoms with Crippen LogP contribution in [0.5, 0.6) is 0 Å². The van der Waals surface area contributed by atoms with Gasteiger partial charge in [0.05, 0.1) is 17.1 Å². The van der Waals surface area contributed by atoms with E-state index < -0.39 is 20.5 Å². The molecule has 0 fully saturated rings. The van der Waals surface area contributed by atoms with Crippen molar-refractivity contribution in [3.05, 3.63) is 24.3 Å². The Kier molecular flexibility index (Phi) is 4.07. The minimum absolute atomic E-state index is 0.430. The van der Waals surface area contributed by atoms with E-state index in [1.54, 1.807) is 0 Å². The molecule has 1 aromatic carbocycles. The minimum atomic E-state index is -4.57. The first-order chi connectivity index (χ1) is 8.93. The lowest BCUT2D eigenvalue weighted by molar-refractivity contribution is 0.234. The topological polar surface area (TPSA) is 75.8 Å².